The Kier molecular flexibility index (Phi) is 4.24. The van der Waals surface area contributed by atoms with Crippen LogP contribution in [-0.4, -0.2) is 17.0 Å². The molecule has 3 aliphatic rings. The van der Waals surface area contributed by atoms with Gasteiger partial charge in [-0.3, -0.25) is 4.79 Å². The molecule has 0 radical (unpaired) electrons. The van der Waals surface area contributed by atoms with Crippen LogP contribution in [0.25, 0.3) is 11.3 Å². The Bertz CT molecular complexity index is 1040. The molecule has 0 aromatic heterocycles. The highest BCUT2D eigenvalue weighted by atomic mass is 19.1. The lowest BCUT2D eigenvalue weighted by molar-refractivity contribution is -0.133. The number of benzene rings is 1. The van der Waals surface area contributed by atoms with Gasteiger partial charge in [-0.15, -0.1) is 0 Å². The summed E-state index contributed by atoms with van der Waals surface area (Å²) >= 11 is 0. The maximum Gasteiger partial charge on any atom is 0.332 e. The molecule has 1 N–H and O–H groups in total. The monoisotopic (exact) mass is 365 g/mol. The van der Waals surface area contributed by atoms with E-state index in [4.69, 9.17) is 4.42 Å². The van der Waals surface area contributed by atoms with Gasteiger partial charge in [0.25, 0.3) is 5.91 Å². The molecule has 0 spiro atoms. The Morgan fingerprint density at radius 2 is 1.74 bits per heavy atom. The predicted molar refractivity (Wildman–Crippen MR) is 97.4 cm³/mol. The number of carboxylic acids is 1. The van der Waals surface area contributed by atoms with Gasteiger partial charge in [-0.1, -0.05) is 24.3 Å². The SMILES string of the molecule is O=C(O)C1=C(C(=O)N(c2ccc3cccc-3o2)c2ccccc2F)CCC1. The highest BCUT2D eigenvalue weighted by molar-refractivity contribution is 6.13. The molecule has 0 atom stereocenters. The zero-order valence-electron chi connectivity index (χ0n) is 14.3. The first-order valence-corrected chi connectivity index (χ1v) is 8.59. The number of halogens is 1. The summed E-state index contributed by atoms with van der Waals surface area (Å²) in [4.78, 5) is 25.9. The smallest absolute Gasteiger partial charge is 0.332 e. The van der Waals surface area contributed by atoms with E-state index in [2.05, 4.69) is 0 Å². The van der Waals surface area contributed by atoms with Crippen LogP contribution in [0.4, 0.5) is 16.0 Å². The fraction of sp³-hybridized carbons (Fsp3) is 0.143. The highest BCUT2D eigenvalue weighted by Gasteiger charge is 2.32. The van der Waals surface area contributed by atoms with E-state index < -0.39 is 17.7 Å². The average Bonchev–Trinajstić information content (AvgIpc) is 3.32. The molecule has 0 fully saturated rings. The summed E-state index contributed by atoms with van der Waals surface area (Å²) in [7, 11) is 0. The van der Waals surface area contributed by atoms with Gasteiger partial charge in [0.2, 0.25) is 5.88 Å². The van der Waals surface area contributed by atoms with Crippen LogP contribution >= 0.6 is 0 Å². The van der Waals surface area contributed by atoms with Crippen LogP contribution in [0.3, 0.4) is 0 Å². The number of carboxylic acid groups (broad SMARTS) is 1. The zero-order chi connectivity index (χ0) is 19.0. The molecule has 1 aromatic rings. The van der Waals surface area contributed by atoms with Gasteiger partial charge in [-0.2, -0.15) is 0 Å². The molecule has 27 heavy (non-hydrogen) atoms. The molecule has 1 aliphatic heterocycles. The second-order valence-corrected chi connectivity index (χ2v) is 6.33. The van der Waals surface area contributed by atoms with E-state index in [1.54, 1.807) is 24.3 Å². The van der Waals surface area contributed by atoms with E-state index >= 15 is 0 Å². The first-order valence-electron chi connectivity index (χ1n) is 8.59. The van der Waals surface area contributed by atoms with Crippen molar-refractivity contribution in [2.24, 2.45) is 0 Å². The first-order chi connectivity index (χ1) is 13.1. The molecule has 2 aliphatic carbocycles. The number of carbonyl (C=O) groups excluding carboxylic acids is 1. The number of rotatable bonds is 4. The van der Waals surface area contributed by atoms with E-state index in [-0.39, 0.29) is 22.7 Å². The summed E-state index contributed by atoms with van der Waals surface area (Å²) < 4.78 is 20.3. The Morgan fingerprint density at radius 1 is 0.963 bits per heavy atom. The van der Waals surface area contributed by atoms with Crippen LogP contribution in [0.15, 0.2) is 70.2 Å². The summed E-state index contributed by atoms with van der Waals surface area (Å²) in [5.74, 6) is -1.61. The van der Waals surface area contributed by atoms with Gasteiger partial charge in [-0.25, -0.2) is 14.1 Å². The van der Waals surface area contributed by atoms with Gasteiger partial charge in [0.05, 0.1) is 5.69 Å². The Morgan fingerprint density at radius 3 is 2.52 bits per heavy atom. The molecule has 0 bridgehead atoms. The quantitative estimate of drug-likeness (QED) is 0.724. The van der Waals surface area contributed by atoms with Crippen molar-refractivity contribution in [2.75, 3.05) is 4.90 Å². The summed E-state index contributed by atoms with van der Waals surface area (Å²) in [6, 6.07) is 14.6. The largest absolute Gasteiger partial charge is 0.478 e. The van der Waals surface area contributed by atoms with Crippen molar-refractivity contribution in [3.63, 3.8) is 0 Å². The van der Waals surface area contributed by atoms with Crippen molar-refractivity contribution in [2.45, 2.75) is 19.3 Å². The van der Waals surface area contributed by atoms with E-state index in [0.717, 1.165) is 10.5 Å². The Labute approximate surface area is 154 Å². The van der Waals surface area contributed by atoms with Gasteiger partial charge in [-0.05, 0) is 43.5 Å². The lowest BCUT2D eigenvalue weighted by atomic mass is 10.1. The van der Waals surface area contributed by atoms with Crippen molar-refractivity contribution in [1.29, 1.82) is 0 Å². The van der Waals surface area contributed by atoms with Gasteiger partial charge in [0.1, 0.15) is 11.6 Å². The van der Waals surface area contributed by atoms with Crippen LogP contribution in [0.2, 0.25) is 0 Å². The number of fused-ring (bicyclic) bond motifs is 1. The number of aliphatic carboxylic acids is 1. The minimum Gasteiger partial charge on any atom is -0.478 e. The number of amides is 1. The molecular formula is C21H16FNO4. The molecule has 1 aromatic carbocycles. The van der Waals surface area contributed by atoms with Crippen LogP contribution < -0.4 is 4.90 Å². The molecule has 6 heteroatoms. The average molecular weight is 365 g/mol. The highest BCUT2D eigenvalue weighted by Crippen LogP contribution is 2.37. The van der Waals surface area contributed by atoms with E-state index in [1.807, 2.05) is 12.1 Å². The van der Waals surface area contributed by atoms with Gasteiger partial charge in [0.15, 0.2) is 0 Å². The standard InChI is InChI=1S/C21H16FNO4/c22-16-8-1-2-9-17(16)23(19-12-11-13-5-3-10-18(13)27-19)20(24)14-6-4-7-15(14)21(25)26/h1-3,5,8-12H,4,6-7H2,(H,25,26). The molecule has 5 nitrogen and oxygen atoms in total. The minimum absolute atomic E-state index is 0.0151. The van der Waals surface area contributed by atoms with Crippen molar-refractivity contribution in [3.8, 4) is 11.3 Å². The lowest BCUT2D eigenvalue weighted by Crippen LogP contribution is -2.29. The molecule has 0 unspecified atom stereocenters. The van der Waals surface area contributed by atoms with Crippen molar-refractivity contribution in [1.82, 2.24) is 0 Å². The third kappa shape index (κ3) is 2.99. The molecule has 1 amide bonds. The number of para-hydroxylation sites is 1. The Hall–Kier alpha value is -3.41. The molecule has 0 saturated carbocycles. The van der Waals surface area contributed by atoms with Crippen LogP contribution in [0, 0.1) is 5.82 Å². The van der Waals surface area contributed by atoms with E-state index in [1.165, 1.54) is 18.2 Å². The minimum atomic E-state index is -1.12. The van der Waals surface area contributed by atoms with Crippen LogP contribution in [0.1, 0.15) is 19.3 Å². The molecule has 0 saturated heterocycles. The first kappa shape index (κ1) is 17.0. The molecular weight excluding hydrogens is 349 g/mol. The Balaban J connectivity index is 1.88. The fourth-order valence-corrected chi connectivity index (χ4v) is 3.39. The topological polar surface area (TPSA) is 70.8 Å². The van der Waals surface area contributed by atoms with Gasteiger partial charge in [0, 0.05) is 22.8 Å². The fourth-order valence-electron chi connectivity index (χ4n) is 3.39. The summed E-state index contributed by atoms with van der Waals surface area (Å²) in [6.45, 7) is 0. The van der Waals surface area contributed by atoms with Crippen molar-refractivity contribution < 1.29 is 23.5 Å². The zero-order valence-corrected chi connectivity index (χ0v) is 14.3. The molecule has 1 heterocycles. The van der Waals surface area contributed by atoms with E-state index in [0.29, 0.717) is 25.0 Å². The summed E-state index contributed by atoms with van der Waals surface area (Å²) in [5, 5.41) is 9.40. The van der Waals surface area contributed by atoms with Gasteiger partial charge < -0.3 is 9.52 Å². The van der Waals surface area contributed by atoms with E-state index in [9.17, 15) is 19.1 Å². The summed E-state index contributed by atoms with van der Waals surface area (Å²) in [5.41, 5.74) is 1.13. The second-order valence-electron chi connectivity index (χ2n) is 6.33. The third-order valence-corrected chi connectivity index (χ3v) is 4.68. The molecule has 136 valence electrons. The number of nitrogens with zero attached hydrogens (tertiary/aromatic N) is 1. The number of hydrogen-bond acceptors (Lipinski definition) is 3. The second kappa shape index (κ2) is 6.72. The molecule has 4 rings (SSSR count). The number of anilines is 2. The number of carbonyl (C=O) groups is 2. The number of hydrogen-bond donors (Lipinski definition) is 1. The van der Waals surface area contributed by atoms with Crippen LogP contribution in [-0.2, 0) is 9.59 Å². The lowest BCUT2D eigenvalue weighted by Gasteiger charge is -2.23. The summed E-state index contributed by atoms with van der Waals surface area (Å²) in [6.07, 6.45) is 1.23. The maximum absolute atomic E-state index is 14.5. The van der Waals surface area contributed by atoms with Gasteiger partial charge >= 0.3 is 5.97 Å². The predicted octanol–water partition coefficient (Wildman–Crippen LogP) is 4.75. The van der Waals surface area contributed by atoms with Crippen molar-refractivity contribution >= 4 is 23.4 Å². The third-order valence-electron chi connectivity index (χ3n) is 4.68. The van der Waals surface area contributed by atoms with Crippen molar-refractivity contribution in [3.05, 3.63) is 71.6 Å². The maximum atomic E-state index is 14.5. The normalized spacial score (nSPS) is 14.0. The van der Waals surface area contributed by atoms with Crippen LogP contribution in [0.5, 0.6) is 0 Å².